The van der Waals surface area contributed by atoms with Crippen molar-refractivity contribution in [3.63, 3.8) is 0 Å². The van der Waals surface area contributed by atoms with Crippen molar-refractivity contribution in [1.82, 2.24) is 10.2 Å². The van der Waals surface area contributed by atoms with Gasteiger partial charge in [-0.25, -0.2) is 0 Å². The van der Waals surface area contributed by atoms with E-state index in [1.807, 2.05) is 26.0 Å². The number of nitrogens with two attached hydrogens (primary N) is 1. The Hall–Kier alpha value is -2.21. The summed E-state index contributed by atoms with van der Waals surface area (Å²) in [5.74, 6) is 0.346. The number of rotatable bonds is 2. The Labute approximate surface area is 116 Å². The number of carbonyl (C=O) groups is 1. The fourth-order valence-corrected chi connectivity index (χ4v) is 2.41. The smallest absolute Gasteiger partial charge is 0.325 e. The van der Waals surface area contributed by atoms with Crippen molar-refractivity contribution >= 4 is 11.9 Å². The number of hydrogen-bond acceptors (Lipinski definition) is 5. The summed E-state index contributed by atoms with van der Waals surface area (Å²) in [5.41, 5.74) is 8.87. The molecule has 1 saturated heterocycles. The molecule has 0 spiro atoms. The summed E-state index contributed by atoms with van der Waals surface area (Å²) < 4.78 is 5.62. The molecule has 6 heteroatoms. The zero-order chi connectivity index (χ0) is 14.3. The van der Waals surface area contributed by atoms with Crippen molar-refractivity contribution in [1.29, 1.82) is 0 Å². The molecule has 2 N–H and O–H groups in total. The van der Waals surface area contributed by atoms with Gasteiger partial charge in [0.1, 0.15) is 0 Å². The van der Waals surface area contributed by atoms with E-state index < -0.39 is 0 Å². The molecule has 1 aliphatic rings. The number of aromatic nitrogens is 2. The van der Waals surface area contributed by atoms with Crippen LogP contribution in [0.3, 0.4) is 0 Å². The van der Waals surface area contributed by atoms with Crippen LogP contribution in [0, 0.1) is 13.8 Å². The molecule has 1 fully saturated rings. The highest BCUT2D eigenvalue weighted by molar-refractivity contribution is 5.94. The van der Waals surface area contributed by atoms with Crippen LogP contribution in [0.5, 0.6) is 0 Å². The van der Waals surface area contributed by atoms with Crippen molar-refractivity contribution in [3.8, 4) is 11.5 Å². The van der Waals surface area contributed by atoms with Crippen LogP contribution in [0.15, 0.2) is 22.6 Å². The van der Waals surface area contributed by atoms with Crippen LogP contribution >= 0.6 is 0 Å². The number of carbonyl (C=O) groups excluding carboxylic acids is 1. The Bertz CT molecular complexity index is 665. The molecular weight excluding hydrogens is 256 g/mol. The number of anilines is 1. The van der Waals surface area contributed by atoms with Gasteiger partial charge in [-0.1, -0.05) is 22.8 Å². The first-order valence-electron chi connectivity index (χ1n) is 6.51. The third-order valence-electron chi connectivity index (χ3n) is 3.41. The van der Waals surface area contributed by atoms with Gasteiger partial charge in [0.25, 0.3) is 0 Å². The highest BCUT2D eigenvalue weighted by atomic mass is 16.4. The van der Waals surface area contributed by atoms with E-state index >= 15 is 0 Å². The minimum Gasteiger partial charge on any atom is -0.403 e. The lowest BCUT2D eigenvalue weighted by molar-refractivity contribution is -0.117. The zero-order valence-electron chi connectivity index (χ0n) is 11.5. The second kappa shape index (κ2) is 4.72. The zero-order valence-corrected chi connectivity index (χ0v) is 11.5. The average Bonchev–Trinajstić information content (AvgIpc) is 2.96. The fourth-order valence-electron chi connectivity index (χ4n) is 2.41. The van der Waals surface area contributed by atoms with Gasteiger partial charge in [-0.2, -0.15) is 0 Å². The third-order valence-corrected chi connectivity index (χ3v) is 3.41. The molecular formula is C14H16N4O2. The van der Waals surface area contributed by atoms with Crippen LogP contribution in [-0.4, -0.2) is 28.7 Å². The maximum atomic E-state index is 11.8. The van der Waals surface area contributed by atoms with Gasteiger partial charge in [-0.3, -0.25) is 9.69 Å². The van der Waals surface area contributed by atoms with E-state index in [1.165, 1.54) is 10.5 Å². The van der Waals surface area contributed by atoms with Gasteiger partial charge in [0.15, 0.2) is 0 Å². The van der Waals surface area contributed by atoms with Gasteiger partial charge < -0.3 is 10.2 Å². The van der Waals surface area contributed by atoms with E-state index in [1.54, 1.807) is 0 Å². The topological polar surface area (TPSA) is 85.3 Å². The van der Waals surface area contributed by atoms with Crippen LogP contribution in [-0.2, 0) is 4.79 Å². The maximum Gasteiger partial charge on any atom is 0.325 e. The van der Waals surface area contributed by atoms with Gasteiger partial charge in [-0.05, 0) is 25.5 Å². The van der Waals surface area contributed by atoms with Crippen LogP contribution in [0.2, 0.25) is 0 Å². The first-order chi connectivity index (χ1) is 9.54. The van der Waals surface area contributed by atoms with Crippen molar-refractivity contribution in [2.75, 3.05) is 11.4 Å². The number of hydrogen-bond donors (Lipinski definition) is 1. The first kappa shape index (κ1) is 12.8. The molecule has 1 aromatic heterocycles. The molecule has 0 bridgehead atoms. The summed E-state index contributed by atoms with van der Waals surface area (Å²) in [6.45, 7) is 4.44. The SMILES string of the molecule is Cc1ccc(-c2nnc(N3CC(N)CC3=O)o2)c(C)c1. The summed E-state index contributed by atoms with van der Waals surface area (Å²) in [4.78, 5) is 13.2. The van der Waals surface area contributed by atoms with Gasteiger partial charge >= 0.3 is 6.01 Å². The van der Waals surface area contributed by atoms with Gasteiger partial charge in [-0.15, -0.1) is 5.10 Å². The molecule has 1 unspecified atom stereocenters. The van der Waals surface area contributed by atoms with E-state index in [9.17, 15) is 4.79 Å². The van der Waals surface area contributed by atoms with Crippen molar-refractivity contribution < 1.29 is 9.21 Å². The molecule has 1 aliphatic heterocycles. The van der Waals surface area contributed by atoms with E-state index in [4.69, 9.17) is 10.2 Å². The Balaban J connectivity index is 1.92. The normalized spacial score (nSPS) is 18.9. The number of amides is 1. The van der Waals surface area contributed by atoms with E-state index in [-0.39, 0.29) is 18.0 Å². The Morgan fingerprint density at radius 3 is 2.80 bits per heavy atom. The van der Waals surface area contributed by atoms with E-state index in [0.717, 1.165) is 11.1 Å². The molecule has 0 saturated carbocycles. The molecule has 1 amide bonds. The predicted octanol–water partition coefficient (Wildman–Crippen LogP) is 1.42. The molecule has 2 aromatic rings. The third kappa shape index (κ3) is 2.18. The van der Waals surface area contributed by atoms with Crippen LogP contribution in [0.25, 0.3) is 11.5 Å². The Kier molecular flexibility index (Phi) is 3.02. The molecule has 2 heterocycles. The molecule has 1 atom stereocenters. The lowest BCUT2D eigenvalue weighted by Crippen LogP contribution is -2.28. The van der Waals surface area contributed by atoms with Crippen molar-refractivity contribution in [3.05, 3.63) is 29.3 Å². The molecule has 0 radical (unpaired) electrons. The molecule has 6 nitrogen and oxygen atoms in total. The standard InChI is InChI=1S/C14H16N4O2/c1-8-3-4-11(9(2)5-8)13-16-17-14(20-13)18-7-10(15)6-12(18)19/h3-5,10H,6-7,15H2,1-2H3. The fraction of sp³-hybridized carbons (Fsp3) is 0.357. The van der Waals surface area contributed by atoms with Gasteiger partial charge in [0, 0.05) is 24.6 Å². The number of benzene rings is 1. The largest absolute Gasteiger partial charge is 0.403 e. The predicted molar refractivity (Wildman–Crippen MR) is 74.2 cm³/mol. The second-order valence-corrected chi connectivity index (χ2v) is 5.18. The minimum absolute atomic E-state index is 0.0756. The number of nitrogens with zero attached hydrogens (tertiary/aromatic N) is 3. The Morgan fingerprint density at radius 2 is 2.15 bits per heavy atom. The highest BCUT2D eigenvalue weighted by Gasteiger charge is 2.31. The monoisotopic (exact) mass is 272 g/mol. The summed E-state index contributed by atoms with van der Waals surface area (Å²) in [7, 11) is 0. The lowest BCUT2D eigenvalue weighted by atomic mass is 10.1. The first-order valence-corrected chi connectivity index (χ1v) is 6.51. The lowest BCUT2D eigenvalue weighted by Gasteiger charge is -2.09. The number of aryl methyl sites for hydroxylation is 2. The highest BCUT2D eigenvalue weighted by Crippen LogP contribution is 2.27. The van der Waals surface area contributed by atoms with Gasteiger partial charge in [0.2, 0.25) is 11.8 Å². The van der Waals surface area contributed by atoms with Crippen LogP contribution in [0.4, 0.5) is 6.01 Å². The summed E-state index contributed by atoms with van der Waals surface area (Å²) in [6.07, 6.45) is 0.321. The molecule has 104 valence electrons. The molecule has 20 heavy (non-hydrogen) atoms. The average molecular weight is 272 g/mol. The van der Waals surface area contributed by atoms with Crippen LogP contribution in [0.1, 0.15) is 17.5 Å². The minimum atomic E-state index is -0.168. The molecule has 1 aromatic carbocycles. The van der Waals surface area contributed by atoms with E-state index in [0.29, 0.717) is 18.9 Å². The second-order valence-electron chi connectivity index (χ2n) is 5.18. The summed E-state index contributed by atoms with van der Waals surface area (Å²) in [6, 6.07) is 6.04. The molecule has 3 rings (SSSR count). The quantitative estimate of drug-likeness (QED) is 0.893. The van der Waals surface area contributed by atoms with Crippen LogP contribution < -0.4 is 10.6 Å². The summed E-state index contributed by atoms with van der Waals surface area (Å²) in [5, 5.41) is 7.99. The van der Waals surface area contributed by atoms with Gasteiger partial charge in [0.05, 0.1) is 0 Å². The van der Waals surface area contributed by atoms with Crippen molar-refractivity contribution in [2.45, 2.75) is 26.3 Å². The Morgan fingerprint density at radius 1 is 1.35 bits per heavy atom. The molecule has 0 aliphatic carbocycles. The van der Waals surface area contributed by atoms with Crippen molar-refractivity contribution in [2.24, 2.45) is 5.73 Å². The van der Waals surface area contributed by atoms with E-state index in [2.05, 4.69) is 16.3 Å². The summed E-state index contributed by atoms with van der Waals surface area (Å²) >= 11 is 0. The maximum absolute atomic E-state index is 11.8.